The summed E-state index contributed by atoms with van der Waals surface area (Å²) < 4.78 is 37.8. The summed E-state index contributed by atoms with van der Waals surface area (Å²) >= 11 is 0.617. The van der Waals surface area contributed by atoms with Gasteiger partial charge in [0, 0.05) is 18.5 Å². The molecule has 1 saturated heterocycles. The maximum Gasteiger partial charge on any atom is 0.445 e. The van der Waals surface area contributed by atoms with Gasteiger partial charge in [-0.1, -0.05) is 41.7 Å². The lowest BCUT2D eigenvalue weighted by Crippen LogP contribution is -2.29. The van der Waals surface area contributed by atoms with Crippen molar-refractivity contribution in [1.82, 2.24) is 10.2 Å². The van der Waals surface area contributed by atoms with Gasteiger partial charge in [-0.05, 0) is 18.9 Å². The summed E-state index contributed by atoms with van der Waals surface area (Å²) in [5, 5.41) is 6.46. The second kappa shape index (κ2) is 5.29. The predicted octanol–water partition coefficient (Wildman–Crippen LogP) is 3.94. The Balaban J connectivity index is 1.81. The molecule has 0 N–H and O–H groups in total. The molecule has 1 fully saturated rings. The van der Waals surface area contributed by atoms with E-state index in [2.05, 4.69) is 22.3 Å². The maximum absolute atomic E-state index is 12.6. The van der Waals surface area contributed by atoms with Crippen molar-refractivity contribution in [1.29, 1.82) is 0 Å². The number of halogens is 3. The van der Waals surface area contributed by atoms with Gasteiger partial charge in [0.2, 0.25) is 10.1 Å². The van der Waals surface area contributed by atoms with Gasteiger partial charge in [-0.2, -0.15) is 13.2 Å². The summed E-state index contributed by atoms with van der Waals surface area (Å²) in [5.41, 5.74) is 1.22. The van der Waals surface area contributed by atoms with Crippen molar-refractivity contribution in [2.75, 3.05) is 11.4 Å². The molecule has 7 heteroatoms. The van der Waals surface area contributed by atoms with Crippen LogP contribution < -0.4 is 4.90 Å². The summed E-state index contributed by atoms with van der Waals surface area (Å²) in [6.07, 6.45) is -3.51. The number of alkyl halides is 3. The van der Waals surface area contributed by atoms with Crippen molar-refractivity contribution in [3.05, 3.63) is 40.9 Å². The lowest BCUT2D eigenvalue weighted by Gasteiger charge is -2.23. The third-order valence-corrected chi connectivity index (χ3v) is 4.89. The topological polar surface area (TPSA) is 29.0 Å². The van der Waals surface area contributed by atoms with E-state index in [0.717, 1.165) is 6.42 Å². The zero-order chi connectivity index (χ0) is 15.0. The van der Waals surface area contributed by atoms with E-state index in [1.54, 1.807) is 0 Å². The SMILES string of the molecule is CC1C(c2ccccc2)CCN1c1nnc(C(F)(F)F)s1. The first kappa shape index (κ1) is 14.3. The van der Waals surface area contributed by atoms with Crippen LogP contribution in [0.5, 0.6) is 0 Å². The predicted molar refractivity (Wildman–Crippen MR) is 75.5 cm³/mol. The molecule has 1 aliphatic heterocycles. The van der Waals surface area contributed by atoms with Crippen LogP contribution in [0.4, 0.5) is 18.3 Å². The van der Waals surface area contributed by atoms with Crippen LogP contribution in [-0.4, -0.2) is 22.8 Å². The Morgan fingerprint density at radius 2 is 1.90 bits per heavy atom. The van der Waals surface area contributed by atoms with Gasteiger partial charge < -0.3 is 4.90 Å². The van der Waals surface area contributed by atoms with Crippen molar-refractivity contribution < 1.29 is 13.2 Å². The highest BCUT2D eigenvalue weighted by molar-refractivity contribution is 7.15. The zero-order valence-corrected chi connectivity index (χ0v) is 12.2. The number of benzene rings is 1. The van der Waals surface area contributed by atoms with E-state index >= 15 is 0 Å². The standard InChI is InChI=1S/C14H14F3N3S/c1-9-11(10-5-3-2-4-6-10)7-8-20(9)13-19-18-12(21-13)14(15,16)17/h2-6,9,11H,7-8H2,1H3. The second-order valence-electron chi connectivity index (χ2n) is 5.13. The Hall–Kier alpha value is -1.63. The van der Waals surface area contributed by atoms with E-state index in [1.807, 2.05) is 30.0 Å². The van der Waals surface area contributed by atoms with E-state index < -0.39 is 11.2 Å². The number of hydrogen-bond donors (Lipinski definition) is 0. The fourth-order valence-electron chi connectivity index (χ4n) is 2.80. The summed E-state index contributed by atoms with van der Waals surface area (Å²) in [5.74, 6) is 0.310. The molecular formula is C14H14F3N3S. The molecule has 112 valence electrons. The lowest BCUT2D eigenvalue weighted by atomic mass is 9.93. The van der Waals surface area contributed by atoms with E-state index in [-0.39, 0.29) is 6.04 Å². The normalized spacial score (nSPS) is 22.8. The number of aromatic nitrogens is 2. The van der Waals surface area contributed by atoms with E-state index in [4.69, 9.17) is 0 Å². The minimum absolute atomic E-state index is 0.112. The van der Waals surface area contributed by atoms with Gasteiger partial charge in [0.05, 0.1) is 0 Å². The highest BCUT2D eigenvalue weighted by atomic mass is 32.1. The van der Waals surface area contributed by atoms with Gasteiger partial charge in [0.1, 0.15) is 0 Å². The highest BCUT2D eigenvalue weighted by Crippen LogP contribution is 2.40. The van der Waals surface area contributed by atoms with Crippen molar-refractivity contribution >= 4 is 16.5 Å². The molecule has 0 radical (unpaired) electrons. The molecule has 0 amide bonds. The molecule has 2 unspecified atom stereocenters. The van der Waals surface area contributed by atoms with Gasteiger partial charge in [-0.15, -0.1) is 10.2 Å². The molecule has 1 aromatic heterocycles. The van der Waals surface area contributed by atoms with Gasteiger partial charge >= 0.3 is 6.18 Å². The van der Waals surface area contributed by atoms with Gasteiger partial charge in [0.15, 0.2) is 0 Å². The summed E-state index contributed by atoms with van der Waals surface area (Å²) in [7, 11) is 0. The monoisotopic (exact) mass is 313 g/mol. The molecule has 3 nitrogen and oxygen atoms in total. The molecule has 0 spiro atoms. The van der Waals surface area contributed by atoms with Crippen LogP contribution >= 0.6 is 11.3 Å². The minimum atomic E-state index is -4.42. The molecule has 21 heavy (non-hydrogen) atoms. The first-order valence-electron chi connectivity index (χ1n) is 6.69. The Bertz CT molecular complexity index is 611. The third kappa shape index (κ3) is 2.74. The van der Waals surface area contributed by atoms with E-state index in [9.17, 15) is 13.2 Å². The van der Waals surface area contributed by atoms with Crippen molar-refractivity contribution in [2.45, 2.75) is 31.5 Å². The summed E-state index contributed by atoms with van der Waals surface area (Å²) in [6.45, 7) is 2.73. The number of hydrogen-bond acceptors (Lipinski definition) is 4. The molecule has 1 aromatic carbocycles. The van der Waals surface area contributed by atoms with Crippen LogP contribution in [0, 0.1) is 0 Å². The van der Waals surface area contributed by atoms with Gasteiger partial charge in [-0.3, -0.25) is 0 Å². The molecule has 0 bridgehead atoms. The average molecular weight is 313 g/mol. The third-order valence-electron chi connectivity index (χ3n) is 3.89. The quantitative estimate of drug-likeness (QED) is 0.841. The lowest BCUT2D eigenvalue weighted by molar-refractivity contribution is -0.138. The first-order chi connectivity index (χ1) is 9.97. The summed E-state index contributed by atoms with van der Waals surface area (Å²) in [6, 6.07) is 10.2. The second-order valence-corrected chi connectivity index (χ2v) is 6.08. The minimum Gasteiger partial charge on any atom is -0.343 e. The molecule has 0 saturated carbocycles. The van der Waals surface area contributed by atoms with Crippen LogP contribution in [-0.2, 0) is 6.18 Å². The Labute approximate surface area is 124 Å². The maximum atomic E-state index is 12.6. The van der Waals surface area contributed by atoms with Crippen molar-refractivity contribution in [3.8, 4) is 0 Å². The van der Waals surface area contributed by atoms with Crippen LogP contribution in [0.2, 0.25) is 0 Å². The van der Waals surface area contributed by atoms with Crippen LogP contribution in [0.15, 0.2) is 30.3 Å². The molecule has 1 aliphatic rings. The van der Waals surface area contributed by atoms with Crippen LogP contribution in [0.25, 0.3) is 0 Å². The highest BCUT2D eigenvalue weighted by Gasteiger charge is 2.38. The van der Waals surface area contributed by atoms with Gasteiger partial charge in [-0.25, -0.2) is 0 Å². The number of anilines is 1. The number of rotatable bonds is 2. The number of nitrogens with zero attached hydrogens (tertiary/aromatic N) is 3. The van der Waals surface area contributed by atoms with Crippen molar-refractivity contribution in [2.24, 2.45) is 0 Å². The van der Waals surface area contributed by atoms with Crippen molar-refractivity contribution in [3.63, 3.8) is 0 Å². The molecular weight excluding hydrogens is 299 g/mol. The average Bonchev–Trinajstić information content (AvgIpc) is 3.05. The van der Waals surface area contributed by atoms with Crippen LogP contribution in [0.3, 0.4) is 0 Å². The molecule has 2 heterocycles. The van der Waals surface area contributed by atoms with E-state index in [0.29, 0.717) is 28.9 Å². The molecule has 2 aromatic rings. The fourth-order valence-corrected chi connectivity index (χ4v) is 3.63. The smallest absolute Gasteiger partial charge is 0.343 e. The molecule has 2 atom stereocenters. The largest absolute Gasteiger partial charge is 0.445 e. The summed E-state index contributed by atoms with van der Waals surface area (Å²) in [4.78, 5) is 1.92. The Morgan fingerprint density at radius 3 is 2.52 bits per heavy atom. The van der Waals surface area contributed by atoms with E-state index in [1.165, 1.54) is 5.56 Å². The molecule has 3 rings (SSSR count). The zero-order valence-electron chi connectivity index (χ0n) is 11.3. The van der Waals surface area contributed by atoms with Gasteiger partial charge in [0.25, 0.3) is 0 Å². The Kier molecular flexibility index (Phi) is 3.61. The molecule has 0 aliphatic carbocycles. The Morgan fingerprint density at radius 1 is 1.19 bits per heavy atom. The first-order valence-corrected chi connectivity index (χ1v) is 7.51. The van der Waals surface area contributed by atoms with Crippen LogP contribution in [0.1, 0.15) is 29.8 Å². The fraction of sp³-hybridized carbons (Fsp3) is 0.429.